The van der Waals surface area contributed by atoms with Gasteiger partial charge in [-0.1, -0.05) is 29.0 Å². The smallest absolute Gasteiger partial charge is 0.338 e. The summed E-state index contributed by atoms with van der Waals surface area (Å²) in [5, 5.41) is 11.5. The topological polar surface area (TPSA) is 122 Å². The zero-order valence-corrected chi connectivity index (χ0v) is 21.9. The third kappa shape index (κ3) is 4.87. The van der Waals surface area contributed by atoms with Gasteiger partial charge < -0.3 is 14.2 Å². The van der Waals surface area contributed by atoms with E-state index in [-0.39, 0.29) is 27.4 Å². The molecule has 12 heteroatoms. The molecule has 0 saturated carbocycles. The van der Waals surface area contributed by atoms with Gasteiger partial charge in [-0.25, -0.2) is 9.79 Å². The molecule has 1 aliphatic heterocycles. The quantitative estimate of drug-likeness (QED) is 0.254. The fourth-order valence-electron chi connectivity index (χ4n) is 4.03. The number of fused-ring (bicyclic) bond motifs is 1. The van der Waals surface area contributed by atoms with Gasteiger partial charge in [0.1, 0.15) is 0 Å². The lowest BCUT2D eigenvalue weighted by Crippen LogP contribution is -2.40. The number of aromatic nitrogens is 1. The fourth-order valence-corrected chi connectivity index (χ4v) is 5.24. The molecule has 2 heterocycles. The Morgan fingerprint density at radius 1 is 1.22 bits per heavy atom. The first-order valence-corrected chi connectivity index (χ1v) is 12.2. The number of hydrogen-bond donors (Lipinski definition) is 0. The summed E-state index contributed by atoms with van der Waals surface area (Å²) in [6, 6.07) is 8.23. The van der Waals surface area contributed by atoms with Crippen LogP contribution < -0.4 is 24.4 Å². The Bertz CT molecular complexity index is 1620. The Labute approximate surface area is 219 Å². The summed E-state index contributed by atoms with van der Waals surface area (Å²) in [5.41, 5.74) is 0.898. The van der Waals surface area contributed by atoms with E-state index in [4.69, 9.17) is 25.8 Å². The van der Waals surface area contributed by atoms with Crippen LogP contribution in [0, 0.1) is 10.1 Å². The molecule has 0 spiro atoms. The Morgan fingerprint density at radius 3 is 2.59 bits per heavy atom. The van der Waals surface area contributed by atoms with Crippen molar-refractivity contribution in [1.82, 2.24) is 4.57 Å². The molecule has 1 aromatic heterocycles. The summed E-state index contributed by atoms with van der Waals surface area (Å²) in [5.74, 6) is 0.306. The number of hydrogen-bond acceptors (Lipinski definition) is 9. The molecule has 0 N–H and O–H groups in total. The molecule has 0 amide bonds. The van der Waals surface area contributed by atoms with Gasteiger partial charge in [-0.15, -0.1) is 0 Å². The van der Waals surface area contributed by atoms with Crippen molar-refractivity contribution < 1.29 is 23.9 Å². The number of methoxy groups -OCH3 is 2. The highest BCUT2D eigenvalue weighted by Crippen LogP contribution is 2.36. The molecule has 0 radical (unpaired) electrons. The maximum atomic E-state index is 13.7. The van der Waals surface area contributed by atoms with Crippen molar-refractivity contribution in [2.75, 3.05) is 20.8 Å². The van der Waals surface area contributed by atoms with Crippen molar-refractivity contribution >= 4 is 40.7 Å². The van der Waals surface area contributed by atoms with Crippen LogP contribution in [0.2, 0.25) is 5.02 Å². The summed E-state index contributed by atoms with van der Waals surface area (Å²) in [6.07, 6.45) is 1.48. The predicted molar refractivity (Wildman–Crippen MR) is 138 cm³/mol. The third-order valence-corrected chi connectivity index (χ3v) is 7.04. The average Bonchev–Trinajstić information content (AvgIpc) is 3.18. The van der Waals surface area contributed by atoms with Gasteiger partial charge in [-0.05, 0) is 43.7 Å². The van der Waals surface area contributed by atoms with E-state index in [1.54, 1.807) is 32.0 Å². The largest absolute Gasteiger partial charge is 0.493 e. The monoisotopic (exact) mass is 543 g/mol. The maximum Gasteiger partial charge on any atom is 0.338 e. The fraction of sp³-hybridized carbons (Fsp3) is 0.240. The van der Waals surface area contributed by atoms with Crippen molar-refractivity contribution in [3.05, 3.63) is 93.6 Å². The molecule has 0 saturated heterocycles. The summed E-state index contributed by atoms with van der Waals surface area (Å²) in [4.78, 5) is 42.3. The van der Waals surface area contributed by atoms with Gasteiger partial charge in [-0.2, -0.15) is 0 Å². The molecule has 10 nitrogen and oxygen atoms in total. The zero-order valence-electron chi connectivity index (χ0n) is 20.3. The number of carbonyl (C=O) groups is 1. The lowest BCUT2D eigenvalue weighted by molar-refractivity contribution is -0.384. The molecule has 0 fully saturated rings. The summed E-state index contributed by atoms with van der Waals surface area (Å²) in [7, 11) is 3.00. The highest BCUT2D eigenvalue weighted by atomic mass is 35.5. The number of esters is 1. The van der Waals surface area contributed by atoms with Gasteiger partial charge in [0, 0.05) is 22.7 Å². The molecule has 4 rings (SSSR count). The van der Waals surface area contributed by atoms with Crippen molar-refractivity contribution in [1.29, 1.82) is 0 Å². The van der Waals surface area contributed by atoms with Gasteiger partial charge in [-0.3, -0.25) is 19.5 Å². The molecule has 3 aromatic rings. The van der Waals surface area contributed by atoms with E-state index in [1.807, 2.05) is 0 Å². The van der Waals surface area contributed by atoms with Crippen LogP contribution in [-0.2, 0) is 9.53 Å². The number of thiazole rings is 1. The Balaban J connectivity index is 1.98. The summed E-state index contributed by atoms with van der Waals surface area (Å²) in [6.45, 7) is 3.51. The highest BCUT2D eigenvalue weighted by molar-refractivity contribution is 7.07. The number of nitrogens with zero attached hydrogens (tertiary/aromatic N) is 3. The number of nitro groups is 1. The molecule has 0 aliphatic carbocycles. The van der Waals surface area contributed by atoms with Crippen LogP contribution in [0.25, 0.3) is 6.08 Å². The van der Waals surface area contributed by atoms with E-state index in [0.29, 0.717) is 33.1 Å². The number of ether oxygens (including phenoxy) is 3. The van der Waals surface area contributed by atoms with Gasteiger partial charge in [0.05, 0.1) is 47.6 Å². The van der Waals surface area contributed by atoms with Crippen LogP contribution in [-0.4, -0.2) is 36.3 Å². The minimum atomic E-state index is -0.863. The van der Waals surface area contributed by atoms with E-state index in [9.17, 15) is 19.7 Å². The number of benzene rings is 2. The predicted octanol–water partition coefficient (Wildman–Crippen LogP) is 3.38. The lowest BCUT2D eigenvalue weighted by Gasteiger charge is -2.25. The van der Waals surface area contributed by atoms with Gasteiger partial charge in [0.15, 0.2) is 16.3 Å². The van der Waals surface area contributed by atoms with Gasteiger partial charge >= 0.3 is 5.97 Å². The van der Waals surface area contributed by atoms with Crippen LogP contribution in [0.3, 0.4) is 0 Å². The van der Waals surface area contributed by atoms with E-state index in [1.165, 1.54) is 43.1 Å². The second-order valence-electron chi connectivity index (χ2n) is 7.88. The molecule has 1 atom stereocenters. The first-order valence-electron chi connectivity index (χ1n) is 11.1. The minimum absolute atomic E-state index is 0.143. The summed E-state index contributed by atoms with van der Waals surface area (Å²) >= 11 is 7.35. The maximum absolute atomic E-state index is 13.7. The van der Waals surface area contributed by atoms with Gasteiger partial charge in [0.2, 0.25) is 0 Å². The SMILES string of the molecule is CCOC(=O)C1=C(C)N=c2s/c(=C\c3cc([N+](=O)[O-])ccc3Cl)c(=O)n2[C@H]1c1ccc(OC)c(OC)c1. The first kappa shape index (κ1) is 26.1. The van der Waals surface area contributed by atoms with Crippen molar-refractivity contribution in [2.45, 2.75) is 19.9 Å². The van der Waals surface area contributed by atoms with Crippen molar-refractivity contribution in [3.63, 3.8) is 0 Å². The number of non-ortho nitro benzene ring substituents is 1. The number of nitro benzene ring substituents is 1. The second-order valence-corrected chi connectivity index (χ2v) is 9.30. The van der Waals surface area contributed by atoms with Crippen molar-refractivity contribution in [2.24, 2.45) is 4.99 Å². The molecule has 192 valence electrons. The average molecular weight is 544 g/mol. The Hall–Kier alpha value is -3.96. The van der Waals surface area contributed by atoms with Crippen LogP contribution in [0.4, 0.5) is 5.69 Å². The van der Waals surface area contributed by atoms with Crippen LogP contribution in [0.1, 0.15) is 31.0 Å². The zero-order chi connectivity index (χ0) is 26.9. The molecule has 2 aromatic carbocycles. The molecular weight excluding hydrogens is 522 g/mol. The number of halogens is 1. The first-order chi connectivity index (χ1) is 17.7. The van der Waals surface area contributed by atoms with E-state index in [2.05, 4.69) is 4.99 Å². The van der Waals surface area contributed by atoms with E-state index >= 15 is 0 Å². The normalized spacial score (nSPS) is 15.2. The molecule has 1 aliphatic rings. The van der Waals surface area contributed by atoms with Crippen LogP contribution in [0.15, 0.2) is 57.5 Å². The Morgan fingerprint density at radius 2 is 1.95 bits per heavy atom. The van der Waals surface area contributed by atoms with Gasteiger partial charge in [0.25, 0.3) is 11.2 Å². The second kappa shape index (κ2) is 10.6. The summed E-state index contributed by atoms with van der Waals surface area (Å²) < 4.78 is 17.7. The standard InChI is InChI=1S/C25H22ClN3O7S/c1-5-36-24(31)21-13(2)27-25-28(22(21)14-6-9-18(34-3)19(11-14)35-4)23(30)20(37-25)12-15-10-16(29(32)33)7-8-17(15)26/h6-12,22H,5H2,1-4H3/b20-12-/t22-/m0/s1. The third-order valence-electron chi connectivity index (χ3n) is 5.72. The van der Waals surface area contributed by atoms with Crippen molar-refractivity contribution in [3.8, 4) is 11.5 Å². The Kier molecular flexibility index (Phi) is 7.46. The number of rotatable bonds is 7. The molecular formula is C25H22ClN3O7S. The van der Waals surface area contributed by atoms with Crippen LogP contribution in [0.5, 0.6) is 11.5 Å². The van der Waals surface area contributed by atoms with Crippen LogP contribution >= 0.6 is 22.9 Å². The highest BCUT2D eigenvalue weighted by Gasteiger charge is 2.34. The lowest BCUT2D eigenvalue weighted by atomic mass is 9.95. The minimum Gasteiger partial charge on any atom is -0.493 e. The molecule has 37 heavy (non-hydrogen) atoms. The van der Waals surface area contributed by atoms with E-state index < -0.39 is 22.5 Å². The van der Waals surface area contributed by atoms with E-state index in [0.717, 1.165) is 11.3 Å². The molecule has 0 unspecified atom stereocenters. The number of allylic oxidation sites excluding steroid dienone is 1. The molecule has 0 bridgehead atoms. The number of carbonyl (C=O) groups excluding carboxylic acids is 1.